The Balaban J connectivity index is 1.44. The lowest BCUT2D eigenvalue weighted by atomic mass is 10.1. The smallest absolute Gasteiger partial charge is 0.283 e. The molecule has 0 radical (unpaired) electrons. The minimum absolute atomic E-state index is 0.0616. The fraction of sp³-hybridized carbons (Fsp3) is 0.0645. The standard InChI is InChI=1S/C31H24FN3O4S/c1-19-6-8-20(9-7-19)29(36)34-23-4-3-5-26(18-23)40-28-27(33-22-12-10-21(32)11-13-22)30(37)35(31(28)38)24-14-16-25(39-2)17-15-24/h3-18,33H,1-2H3,(H,34,36). The summed E-state index contributed by atoms with van der Waals surface area (Å²) in [4.78, 5) is 41.8. The number of ether oxygens (including phenoxy) is 1. The topological polar surface area (TPSA) is 87.7 Å². The molecule has 0 aromatic heterocycles. The molecule has 1 aliphatic heterocycles. The number of carbonyl (C=O) groups is 3. The highest BCUT2D eigenvalue weighted by molar-refractivity contribution is 8.04. The van der Waals surface area contributed by atoms with Gasteiger partial charge in [0.15, 0.2) is 0 Å². The molecule has 7 nitrogen and oxygen atoms in total. The highest BCUT2D eigenvalue weighted by atomic mass is 32.2. The Morgan fingerprint density at radius 2 is 1.55 bits per heavy atom. The third-order valence-corrected chi connectivity index (χ3v) is 7.18. The van der Waals surface area contributed by atoms with E-state index in [4.69, 9.17) is 4.74 Å². The maximum atomic E-state index is 13.6. The molecule has 1 heterocycles. The van der Waals surface area contributed by atoms with Crippen molar-refractivity contribution < 1.29 is 23.5 Å². The second-order valence-electron chi connectivity index (χ2n) is 8.93. The van der Waals surface area contributed by atoms with Gasteiger partial charge in [0.25, 0.3) is 17.7 Å². The third kappa shape index (κ3) is 5.74. The monoisotopic (exact) mass is 553 g/mol. The van der Waals surface area contributed by atoms with Crippen molar-refractivity contribution in [1.29, 1.82) is 0 Å². The first kappa shape index (κ1) is 26.7. The molecule has 0 bridgehead atoms. The van der Waals surface area contributed by atoms with Crippen LogP contribution < -0.4 is 20.3 Å². The van der Waals surface area contributed by atoms with Crippen LogP contribution >= 0.6 is 11.8 Å². The van der Waals surface area contributed by atoms with E-state index in [1.807, 2.05) is 19.1 Å². The number of aryl methyl sites for hydroxylation is 1. The minimum Gasteiger partial charge on any atom is -0.497 e. The molecule has 0 aliphatic carbocycles. The molecule has 1 aliphatic rings. The number of hydrogen-bond donors (Lipinski definition) is 2. The highest BCUT2D eigenvalue weighted by Gasteiger charge is 2.40. The first-order valence-electron chi connectivity index (χ1n) is 12.3. The molecular weight excluding hydrogens is 529 g/mol. The molecule has 4 aromatic carbocycles. The van der Waals surface area contributed by atoms with Gasteiger partial charge in [-0.15, -0.1) is 0 Å². The Labute approximate surface area is 234 Å². The van der Waals surface area contributed by atoms with Crippen LogP contribution in [0, 0.1) is 12.7 Å². The second kappa shape index (κ2) is 11.5. The van der Waals surface area contributed by atoms with Crippen LogP contribution in [0.4, 0.5) is 21.5 Å². The summed E-state index contributed by atoms with van der Waals surface area (Å²) in [7, 11) is 1.53. The predicted molar refractivity (Wildman–Crippen MR) is 154 cm³/mol. The first-order chi connectivity index (χ1) is 19.3. The zero-order chi connectivity index (χ0) is 28.2. The lowest BCUT2D eigenvalue weighted by molar-refractivity contribution is -0.120. The summed E-state index contributed by atoms with van der Waals surface area (Å²) < 4.78 is 18.7. The van der Waals surface area contributed by atoms with Gasteiger partial charge in [-0.3, -0.25) is 14.4 Å². The molecule has 5 rings (SSSR count). The van der Waals surface area contributed by atoms with Gasteiger partial charge in [-0.25, -0.2) is 9.29 Å². The fourth-order valence-electron chi connectivity index (χ4n) is 4.02. The van der Waals surface area contributed by atoms with Crippen LogP contribution in [0.5, 0.6) is 5.75 Å². The van der Waals surface area contributed by atoms with Crippen molar-refractivity contribution in [3.63, 3.8) is 0 Å². The van der Waals surface area contributed by atoms with Gasteiger partial charge in [-0.05, 0) is 85.8 Å². The summed E-state index contributed by atoms with van der Waals surface area (Å²) >= 11 is 1.09. The van der Waals surface area contributed by atoms with Gasteiger partial charge in [0.2, 0.25) is 0 Å². The van der Waals surface area contributed by atoms with E-state index < -0.39 is 17.6 Å². The number of hydrogen-bond acceptors (Lipinski definition) is 6. The Kier molecular flexibility index (Phi) is 7.65. The lowest BCUT2D eigenvalue weighted by Gasteiger charge is -2.15. The number of nitrogens with one attached hydrogen (secondary N) is 2. The number of imide groups is 1. The minimum atomic E-state index is -0.550. The number of thioether (sulfide) groups is 1. The Morgan fingerprint density at radius 3 is 2.23 bits per heavy atom. The molecule has 3 amide bonds. The maximum Gasteiger partial charge on any atom is 0.283 e. The Bertz CT molecular complexity index is 1620. The average molecular weight is 554 g/mol. The number of nitrogens with zero attached hydrogens (tertiary/aromatic N) is 1. The summed E-state index contributed by atoms with van der Waals surface area (Å²) in [5.41, 5.74) is 2.99. The SMILES string of the molecule is COc1ccc(N2C(=O)C(Nc3ccc(F)cc3)=C(Sc3cccc(NC(=O)c4ccc(C)cc4)c3)C2=O)cc1. The number of anilines is 3. The quantitative estimate of drug-likeness (QED) is 0.246. The highest BCUT2D eigenvalue weighted by Crippen LogP contribution is 2.39. The van der Waals surface area contributed by atoms with E-state index in [0.717, 1.165) is 22.2 Å². The zero-order valence-corrected chi connectivity index (χ0v) is 22.4. The Morgan fingerprint density at radius 1 is 0.850 bits per heavy atom. The summed E-state index contributed by atoms with van der Waals surface area (Å²) in [6, 6.07) is 26.3. The number of methoxy groups -OCH3 is 1. The van der Waals surface area contributed by atoms with E-state index in [0.29, 0.717) is 33.3 Å². The van der Waals surface area contributed by atoms with E-state index in [2.05, 4.69) is 10.6 Å². The number of carbonyl (C=O) groups excluding carboxylic acids is 3. The van der Waals surface area contributed by atoms with Crippen molar-refractivity contribution in [3.8, 4) is 5.75 Å². The van der Waals surface area contributed by atoms with E-state index in [1.54, 1.807) is 60.7 Å². The summed E-state index contributed by atoms with van der Waals surface area (Å²) in [5.74, 6) is -1.17. The molecule has 0 saturated carbocycles. The average Bonchev–Trinajstić information content (AvgIpc) is 3.18. The molecule has 40 heavy (non-hydrogen) atoms. The molecule has 0 spiro atoms. The molecule has 200 valence electrons. The van der Waals surface area contributed by atoms with Crippen LogP contribution in [-0.4, -0.2) is 24.8 Å². The van der Waals surface area contributed by atoms with Crippen molar-refractivity contribution >= 4 is 46.5 Å². The molecule has 4 aromatic rings. The van der Waals surface area contributed by atoms with Crippen molar-refractivity contribution in [2.75, 3.05) is 22.6 Å². The number of amides is 3. The van der Waals surface area contributed by atoms with E-state index >= 15 is 0 Å². The van der Waals surface area contributed by atoms with Crippen LogP contribution in [0.3, 0.4) is 0 Å². The predicted octanol–water partition coefficient (Wildman–Crippen LogP) is 6.38. The first-order valence-corrected chi connectivity index (χ1v) is 13.1. The lowest BCUT2D eigenvalue weighted by Crippen LogP contribution is -2.32. The normalized spacial score (nSPS) is 13.0. The van der Waals surface area contributed by atoms with E-state index in [-0.39, 0.29) is 16.5 Å². The van der Waals surface area contributed by atoms with E-state index in [1.165, 1.54) is 31.4 Å². The van der Waals surface area contributed by atoms with Crippen LogP contribution in [0.1, 0.15) is 15.9 Å². The van der Waals surface area contributed by atoms with Crippen LogP contribution in [0.15, 0.2) is 113 Å². The van der Waals surface area contributed by atoms with Gasteiger partial charge in [-0.1, -0.05) is 35.5 Å². The zero-order valence-electron chi connectivity index (χ0n) is 21.6. The number of halogens is 1. The molecule has 0 unspecified atom stereocenters. The van der Waals surface area contributed by atoms with E-state index in [9.17, 15) is 18.8 Å². The van der Waals surface area contributed by atoms with Gasteiger partial charge in [0, 0.05) is 21.8 Å². The summed E-state index contributed by atoms with van der Waals surface area (Å²) in [6.07, 6.45) is 0. The van der Waals surface area contributed by atoms with Gasteiger partial charge in [0.1, 0.15) is 22.2 Å². The molecular formula is C31H24FN3O4S. The molecule has 2 N–H and O–H groups in total. The fourth-order valence-corrected chi connectivity index (χ4v) is 5.01. The maximum absolute atomic E-state index is 13.6. The van der Waals surface area contributed by atoms with Crippen molar-refractivity contribution in [2.24, 2.45) is 0 Å². The summed E-state index contributed by atoms with van der Waals surface area (Å²) in [6.45, 7) is 1.95. The molecule has 9 heteroatoms. The van der Waals surface area contributed by atoms with Gasteiger partial charge >= 0.3 is 0 Å². The Hall–Kier alpha value is -4.89. The van der Waals surface area contributed by atoms with Crippen LogP contribution in [-0.2, 0) is 9.59 Å². The van der Waals surface area contributed by atoms with Gasteiger partial charge in [-0.2, -0.15) is 0 Å². The number of rotatable bonds is 8. The third-order valence-electron chi connectivity index (χ3n) is 6.11. The van der Waals surface area contributed by atoms with Crippen molar-refractivity contribution in [1.82, 2.24) is 0 Å². The van der Waals surface area contributed by atoms with Crippen molar-refractivity contribution in [3.05, 3.63) is 125 Å². The van der Waals surface area contributed by atoms with Crippen LogP contribution in [0.2, 0.25) is 0 Å². The molecule has 0 saturated heterocycles. The molecule has 0 atom stereocenters. The second-order valence-corrected chi connectivity index (χ2v) is 10.0. The number of benzene rings is 4. The molecule has 0 fully saturated rings. The largest absolute Gasteiger partial charge is 0.497 e. The van der Waals surface area contributed by atoms with Gasteiger partial charge in [0.05, 0.1) is 12.8 Å². The van der Waals surface area contributed by atoms with Crippen molar-refractivity contribution in [2.45, 2.75) is 11.8 Å². The van der Waals surface area contributed by atoms with Gasteiger partial charge < -0.3 is 15.4 Å². The van der Waals surface area contributed by atoms with Crippen LogP contribution in [0.25, 0.3) is 0 Å². The summed E-state index contributed by atoms with van der Waals surface area (Å²) in [5, 5.41) is 5.87.